The van der Waals surface area contributed by atoms with Crippen molar-refractivity contribution in [3.8, 4) is 0 Å². The number of hydrogen-bond donors (Lipinski definition) is 0. The lowest BCUT2D eigenvalue weighted by atomic mass is 10.0. The lowest BCUT2D eigenvalue weighted by Crippen LogP contribution is -2.20. The summed E-state index contributed by atoms with van der Waals surface area (Å²) in [6.45, 7) is 3.41. The molecule has 0 aliphatic rings. The fraction of sp³-hybridized carbons (Fsp3) is 0.214. The number of benzene rings is 2. The molecule has 1 amide bonds. The number of fused-ring (bicyclic) bond motifs is 1. The van der Waals surface area contributed by atoms with E-state index in [1.807, 2.05) is 25.1 Å². The SMILES string of the molecule is CCN(C=O)Cc1cccc2ccccc12. The highest BCUT2D eigenvalue weighted by molar-refractivity contribution is 5.85. The van der Waals surface area contributed by atoms with Gasteiger partial charge in [0, 0.05) is 13.1 Å². The lowest BCUT2D eigenvalue weighted by Gasteiger charge is -2.16. The molecule has 0 spiro atoms. The first-order valence-corrected chi connectivity index (χ1v) is 5.51. The zero-order chi connectivity index (χ0) is 11.4. The van der Waals surface area contributed by atoms with Gasteiger partial charge in [-0.15, -0.1) is 0 Å². The molecular weight excluding hydrogens is 198 g/mol. The first-order valence-electron chi connectivity index (χ1n) is 5.51. The molecule has 0 heterocycles. The minimum atomic E-state index is 0.682. The summed E-state index contributed by atoms with van der Waals surface area (Å²) in [7, 11) is 0. The maximum atomic E-state index is 10.8. The van der Waals surface area contributed by atoms with Gasteiger partial charge >= 0.3 is 0 Å². The van der Waals surface area contributed by atoms with Gasteiger partial charge in [0.05, 0.1) is 0 Å². The quantitative estimate of drug-likeness (QED) is 0.715. The molecule has 2 nitrogen and oxygen atoms in total. The Morgan fingerprint density at radius 2 is 1.88 bits per heavy atom. The minimum absolute atomic E-state index is 0.682. The van der Waals surface area contributed by atoms with Crippen molar-refractivity contribution in [2.75, 3.05) is 6.54 Å². The van der Waals surface area contributed by atoms with Crippen molar-refractivity contribution in [2.45, 2.75) is 13.5 Å². The van der Waals surface area contributed by atoms with Crippen LogP contribution in [-0.2, 0) is 11.3 Å². The average Bonchev–Trinajstić information content (AvgIpc) is 2.36. The molecule has 2 rings (SSSR count). The van der Waals surface area contributed by atoms with Crippen LogP contribution in [0.25, 0.3) is 10.8 Å². The highest BCUT2D eigenvalue weighted by Crippen LogP contribution is 2.19. The van der Waals surface area contributed by atoms with Crippen LogP contribution in [0, 0.1) is 0 Å². The van der Waals surface area contributed by atoms with Gasteiger partial charge in [-0.2, -0.15) is 0 Å². The van der Waals surface area contributed by atoms with E-state index in [9.17, 15) is 4.79 Å². The molecule has 0 aromatic heterocycles. The second kappa shape index (κ2) is 4.79. The Hall–Kier alpha value is -1.83. The second-order valence-corrected chi connectivity index (χ2v) is 3.81. The van der Waals surface area contributed by atoms with Crippen molar-refractivity contribution in [1.29, 1.82) is 0 Å². The normalized spacial score (nSPS) is 10.3. The van der Waals surface area contributed by atoms with Crippen LogP contribution in [0.1, 0.15) is 12.5 Å². The van der Waals surface area contributed by atoms with E-state index in [1.54, 1.807) is 4.90 Å². The van der Waals surface area contributed by atoms with E-state index < -0.39 is 0 Å². The van der Waals surface area contributed by atoms with E-state index in [0.29, 0.717) is 6.54 Å². The maximum Gasteiger partial charge on any atom is 0.209 e. The molecule has 0 bridgehead atoms. The van der Waals surface area contributed by atoms with Gasteiger partial charge in [0.15, 0.2) is 0 Å². The third kappa shape index (κ3) is 2.06. The molecular formula is C14H15NO. The summed E-state index contributed by atoms with van der Waals surface area (Å²) >= 11 is 0. The minimum Gasteiger partial charge on any atom is -0.341 e. The smallest absolute Gasteiger partial charge is 0.209 e. The first kappa shape index (κ1) is 10.7. The maximum absolute atomic E-state index is 10.8. The molecule has 16 heavy (non-hydrogen) atoms. The molecule has 82 valence electrons. The van der Waals surface area contributed by atoms with Crippen LogP contribution in [0.15, 0.2) is 42.5 Å². The van der Waals surface area contributed by atoms with Crippen molar-refractivity contribution in [3.05, 3.63) is 48.0 Å². The van der Waals surface area contributed by atoms with E-state index >= 15 is 0 Å². The van der Waals surface area contributed by atoms with Crippen molar-refractivity contribution < 1.29 is 4.79 Å². The monoisotopic (exact) mass is 213 g/mol. The van der Waals surface area contributed by atoms with Gasteiger partial charge in [0.1, 0.15) is 0 Å². The molecule has 0 unspecified atom stereocenters. The number of nitrogens with zero attached hydrogens (tertiary/aromatic N) is 1. The fourth-order valence-electron chi connectivity index (χ4n) is 1.87. The van der Waals surface area contributed by atoms with E-state index in [0.717, 1.165) is 13.0 Å². The highest BCUT2D eigenvalue weighted by atomic mass is 16.1. The molecule has 0 radical (unpaired) electrons. The summed E-state index contributed by atoms with van der Waals surface area (Å²) in [5, 5.41) is 2.45. The van der Waals surface area contributed by atoms with Crippen LogP contribution in [0.2, 0.25) is 0 Å². The van der Waals surface area contributed by atoms with Gasteiger partial charge in [-0.1, -0.05) is 42.5 Å². The molecule has 0 saturated heterocycles. The molecule has 0 aliphatic carbocycles. The van der Waals surface area contributed by atoms with Crippen LogP contribution in [-0.4, -0.2) is 17.9 Å². The standard InChI is InChI=1S/C14H15NO/c1-2-15(11-16)10-13-8-5-7-12-6-3-4-9-14(12)13/h3-9,11H,2,10H2,1H3. The summed E-state index contributed by atoms with van der Waals surface area (Å²) < 4.78 is 0. The number of amides is 1. The van der Waals surface area contributed by atoms with Crippen LogP contribution >= 0.6 is 0 Å². The zero-order valence-corrected chi connectivity index (χ0v) is 9.39. The Kier molecular flexibility index (Phi) is 3.20. The van der Waals surface area contributed by atoms with Crippen molar-refractivity contribution in [3.63, 3.8) is 0 Å². The zero-order valence-electron chi connectivity index (χ0n) is 9.39. The number of rotatable bonds is 4. The van der Waals surface area contributed by atoms with Gasteiger partial charge in [-0.3, -0.25) is 4.79 Å². The van der Waals surface area contributed by atoms with Crippen molar-refractivity contribution in [2.24, 2.45) is 0 Å². The van der Waals surface area contributed by atoms with Crippen LogP contribution < -0.4 is 0 Å². The van der Waals surface area contributed by atoms with Crippen molar-refractivity contribution in [1.82, 2.24) is 4.90 Å². The molecule has 2 aromatic carbocycles. The van der Waals surface area contributed by atoms with Gasteiger partial charge in [0.2, 0.25) is 6.41 Å². The average molecular weight is 213 g/mol. The van der Waals surface area contributed by atoms with Crippen LogP contribution in [0.4, 0.5) is 0 Å². The molecule has 0 N–H and O–H groups in total. The number of carbonyl (C=O) groups is 1. The Morgan fingerprint density at radius 1 is 1.12 bits per heavy atom. The molecule has 0 aliphatic heterocycles. The molecule has 0 fully saturated rings. The van der Waals surface area contributed by atoms with E-state index in [2.05, 4.69) is 24.3 Å². The summed E-state index contributed by atoms with van der Waals surface area (Å²) in [4.78, 5) is 12.6. The predicted molar refractivity (Wildman–Crippen MR) is 66.1 cm³/mol. The second-order valence-electron chi connectivity index (χ2n) is 3.81. The van der Waals surface area contributed by atoms with E-state index in [1.165, 1.54) is 16.3 Å². The summed E-state index contributed by atoms with van der Waals surface area (Å²) in [6.07, 6.45) is 0.905. The van der Waals surface area contributed by atoms with E-state index in [-0.39, 0.29) is 0 Å². The van der Waals surface area contributed by atoms with Gasteiger partial charge in [-0.25, -0.2) is 0 Å². The van der Waals surface area contributed by atoms with Crippen LogP contribution in [0.5, 0.6) is 0 Å². The fourth-order valence-corrected chi connectivity index (χ4v) is 1.87. The van der Waals surface area contributed by atoms with Gasteiger partial charge in [0.25, 0.3) is 0 Å². The largest absolute Gasteiger partial charge is 0.341 e. The van der Waals surface area contributed by atoms with Crippen LogP contribution in [0.3, 0.4) is 0 Å². The van der Waals surface area contributed by atoms with Crippen molar-refractivity contribution >= 4 is 17.2 Å². The highest BCUT2D eigenvalue weighted by Gasteiger charge is 2.03. The Bertz CT molecular complexity index is 488. The van der Waals surface area contributed by atoms with Gasteiger partial charge < -0.3 is 4.90 Å². The Balaban J connectivity index is 2.40. The number of hydrogen-bond acceptors (Lipinski definition) is 1. The predicted octanol–water partition coefficient (Wildman–Crippen LogP) is 2.82. The molecule has 2 aromatic rings. The van der Waals surface area contributed by atoms with Gasteiger partial charge in [-0.05, 0) is 23.3 Å². The topological polar surface area (TPSA) is 20.3 Å². The number of carbonyl (C=O) groups excluding carboxylic acids is 1. The Labute approximate surface area is 95.5 Å². The third-order valence-corrected chi connectivity index (χ3v) is 2.81. The molecule has 0 atom stereocenters. The lowest BCUT2D eigenvalue weighted by molar-refractivity contribution is -0.118. The first-order chi connectivity index (χ1) is 7.85. The molecule has 2 heteroatoms. The third-order valence-electron chi connectivity index (χ3n) is 2.81. The molecule has 0 saturated carbocycles. The summed E-state index contributed by atoms with van der Waals surface area (Å²) in [5.41, 5.74) is 1.20. The summed E-state index contributed by atoms with van der Waals surface area (Å²) in [6, 6.07) is 14.5. The van der Waals surface area contributed by atoms with E-state index in [4.69, 9.17) is 0 Å². The summed E-state index contributed by atoms with van der Waals surface area (Å²) in [5.74, 6) is 0. The Morgan fingerprint density at radius 3 is 2.62 bits per heavy atom.